The summed E-state index contributed by atoms with van der Waals surface area (Å²) in [5.74, 6) is -4.00. The summed E-state index contributed by atoms with van der Waals surface area (Å²) >= 11 is 0. The molecule has 7 heteroatoms. The van der Waals surface area contributed by atoms with Crippen LogP contribution in [-0.4, -0.2) is 26.5 Å². The third kappa shape index (κ3) is 3.99. The van der Waals surface area contributed by atoms with Crippen LogP contribution < -0.4 is 4.72 Å². The standard InChI is InChI=1S/C4H7F2NO3S/c1-3(8)2-7-11(9,10)4(5)6/h4,7H,2H2,1H3. The van der Waals surface area contributed by atoms with E-state index >= 15 is 0 Å². The van der Waals surface area contributed by atoms with Crippen LogP contribution in [0.15, 0.2) is 0 Å². The second kappa shape index (κ2) is 3.72. The Morgan fingerprint density at radius 3 is 2.27 bits per heavy atom. The van der Waals surface area contributed by atoms with Gasteiger partial charge >= 0.3 is 5.76 Å². The van der Waals surface area contributed by atoms with Gasteiger partial charge in [-0.05, 0) is 6.92 Å². The van der Waals surface area contributed by atoms with Crippen molar-refractivity contribution in [2.24, 2.45) is 0 Å². The van der Waals surface area contributed by atoms with E-state index in [1.807, 2.05) is 0 Å². The van der Waals surface area contributed by atoms with E-state index in [2.05, 4.69) is 0 Å². The Hall–Kier alpha value is -0.560. The molecule has 0 bridgehead atoms. The quantitative estimate of drug-likeness (QED) is 0.658. The number of sulfonamides is 1. The number of halogens is 2. The first kappa shape index (κ1) is 10.4. The zero-order chi connectivity index (χ0) is 9.07. The molecule has 66 valence electrons. The lowest BCUT2D eigenvalue weighted by Gasteiger charge is -2.01. The Balaban J connectivity index is 4.05. The van der Waals surface area contributed by atoms with Crippen LogP contribution in [0.1, 0.15) is 6.92 Å². The lowest BCUT2D eigenvalue weighted by molar-refractivity contribution is -0.115. The largest absolute Gasteiger partial charge is 0.350 e. The minimum Gasteiger partial charge on any atom is -0.299 e. The predicted octanol–water partition coefficient (Wildman–Crippen LogP) is -0.283. The molecule has 0 aliphatic heterocycles. The van der Waals surface area contributed by atoms with E-state index in [0.717, 1.165) is 6.92 Å². The SMILES string of the molecule is CC(=O)CNS(=O)(=O)C(F)F. The van der Waals surface area contributed by atoms with Crippen LogP contribution in [0.5, 0.6) is 0 Å². The van der Waals surface area contributed by atoms with Crippen molar-refractivity contribution in [2.45, 2.75) is 12.7 Å². The molecule has 0 aromatic rings. The van der Waals surface area contributed by atoms with Gasteiger partial charge in [0.2, 0.25) is 0 Å². The molecule has 0 atom stereocenters. The van der Waals surface area contributed by atoms with Gasteiger partial charge in [0.15, 0.2) is 0 Å². The fourth-order valence-corrected chi connectivity index (χ4v) is 0.796. The number of hydrogen-bond donors (Lipinski definition) is 1. The van der Waals surface area contributed by atoms with Gasteiger partial charge in [-0.3, -0.25) is 4.79 Å². The predicted molar refractivity (Wildman–Crippen MR) is 33.6 cm³/mol. The maximum atomic E-state index is 11.5. The van der Waals surface area contributed by atoms with Crippen LogP contribution >= 0.6 is 0 Å². The van der Waals surface area contributed by atoms with Crippen molar-refractivity contribution in [3.05, 3.63) is 0 Å². The first-order chi connectivity index (χ1) is 4.86. The molecule has 0 unspecified atom stereocenters. The van der Waals surface area contributed by atoms with E-state index in [4.69, 9.17) is 0 Å². The minimum atomic E-state index is -4.60. The summed E-state index contributed by atoms with van der Waals surface area (Å²) < 4.78 is 44.9. The summed E-state index contributed by atoms with van der Waals surface area (Å²) in [6.45, 7) is 0.501. The summed E-state index contributed by atoms with van der Waals surface area (Å²) in [5, 5.41) is 0. The molecule has 0 aromatic carbocycles. The molecular formula is C4H7F2NO3S. The molecule has 0 spiro atoms. The van der Waals surface area contributed by atoms with Gasteiger partial charge in [0, 0.05) is 0 Å². The molecule has 0 rings (SSSR count). The average Bonchev–Trinajstić information content (AvgIpc) is 1.84. The highest BCUT2D eigenvalue weighted by Gasteiger charge is 2.23. The second-order valence-corrected chi connectivity index (χ2v) is 3.56. The molecule has 0 aliphatic rings. The maximum Gasteiger partial charge on any atom is 0.350 e. The first-order valence-corrected chi connectivity index (χ1v) is 4.17. The third-order valence-corrected chi connectivity index (χ3v) is 1.77. The Kier molecular flexibility index (Phi) is 3.53. The summed E-state index contributed by atoms with van der Waals surface area (Å²) in [6.07, 6.45) is 0. The van der Waals surface area contributed by atoms with E-state index in [0.29, 0.717) is 0 Å². The van der Waals surface area contributed by atoms with Gasteiger partial charge in [-0.15, -0.1) is 0 Å². The fourth-order valence-electron chi connectivity index (χ4n) is 0.265. The van der Waals surface area contributed by atoms with Crippen molar-refractivity contribution in [3.63, 3.8) is 0 Å². The molecule has 0 aliphatic carbocycles. The van der Waals surface area contributed by atoms with Gasteiger partial charge < -0.3 is 0 Å². The van der Waals surface area contributed by atoms with Crippen molar-refractivity contribution in [1.29, 1.82) is 0 Å². The van der Waals surface area contributed by atoms with Crippen molar-refractivity contribution in [1.82, 2.24) is 4.72 Å². The summed E-state index contributed by atoms with van der Waals surface area (Å²) in [4.78, 5) is 10.1. The van der Waals surface area contributed by atoms with Crippen LogP contribution in [0, 0.1) is 0 Å². The summed E-state index contributed by atoms with van der Waals surface area (Å²) in [6, 6.07) is 0. The van der Waals surface area contributed by atoms with Gasteiger partial charge in [-0.25, -0.2) is 13.1 Å². The van der Waals surface area contributed by atoms with Crippen molar-refractivity contribution >= 4 is 15.8 Å². The first-order valence-electron chi connectivity index (χ1n) is 2.62. The van der Waals surface area contributed by atoms with Gasteiger partial charge in [-0.2, -0.15) is 8.78 Å². The van der Waals surface area contributed by atoms with E-state index in [1.165, 1.54) is 4.72 Å². The van der Waals surface area contributed by atoms with Crippen molar-refractivity contribution in [3.8, 4) is 0 Å². The summed E-state index contributed by atoms with van der Waals surface area (Å²) in [5.41, 5.74) is 0. The lowest BCUT2D eigenvalue weighted by atomic mass is 10.5. The number of hydrogen-bond acceptors (Lipinski definition) is 3. The number of Topliss-reactive ketones (excluding diaryl/α,β-unsaturated/α-hetero) is 1. The van der Waals surface area contributed by atoms with Gasteiger partial charge in [0.05, 0.1) is 6.54 Å². The molecule has 0 saturated heterocycles. The Labute approximate surface area is 62.6 Å². The molecule has 0 saturated carbocycles. The monoisotopic (exact) mass is 187 g/mol. The Morgan fingerprint density at radius 1 is 1.55 bits per heavy atom. The highest BCUT2D eigenvalue weighted by atomic mass is 32.2. The fraction of sp³-hybridized carbons (Fsp3) is 0.750. The van der Waals surface area contributed by atoms with Crippen molar-refractivity contribution < 1.29 is 22.0 Å². The molecule has 1 N–H and O–H groups in total. The minimum absolute atomic E-state index is 0.519. The number of alkyl halides is 2. The molecule has 0 radical (unpaired) electrons. The second-order valence-electron chi connectivity index (χ2n) is 1.83. The molecule has 0 amide bonds. The molecule has 0 heterocycles. The van der Waals surface area contributed by atoms with Crippen LogP contribution in [0.4, 0.5) is 8.78 Å². The van der Waals surface area contributed by atoms with E-state index in [-0.39, 0.29) is 0 Å². The molecule has 4 nitrogen and oxygen atoms in total. The maximum absolute atomic E-state index is 11.5. The molecule has 0 fully saturated rings. The Bertz CT molecular complexity index is 236. The van der Waals surface area contributed by atoms with Gasteiger partial charge in [-0.1, -0.05) is 0 Å². The topological polar surface area (TPSA) is 63.2 Å². The number of carbonyl (C=O) groups excluding carboxylic acids is 1. The van der Waals surface area contributed by atoms with E-state index in [9.17, 15) is 22.0 Å². The number of nitrogens with one attached hydrogen (secondary N) is 1. The van der Waals surface area contributed by atoms with Crippen LogP contribution in [-0.2, 0) is 14.8 Å². The molecule has 11 heavy (non-hydrogen) atoms. The Morgan fingerprint density at radius 2 is 2.00 bits per heavy atom. The van der Waals surface area contributed by atoms with Crippen LogP contribution in [0.25, 0.3) is 0 Å². The van der Waals surface area contributed by atoms with E-state index < -0.39 is 28.1 Å². The smallest absolute Gasteiger partial charge is 0.299 e. The van der Waals surface area contributed by atoms with Gasteiger partial charge in [0.1, 0.15) is 5.78 Å². The summed E-state index contributed by atoms with van der Waals surface area (Å²) in [7, 11) is -4.60. The third-order valence-electron chi connectivity index (χ3n) is 0.757. The van der Waals surface area contributed by atoms with Gasteiger partial charge in [0.25, 0.3) is 10.0 Å². The average molecular weight is 187 g/mol. The zero-order valence-electron chi connectivity index (χ0n) is 5.67. The highest BCUT2D eigenvalue weighted by Crippen LogP contribution is 2.00. The zero-order valence-corrected chi connectivity index (χ0v) is 6.49. The number of ketones is 1. The normalized spacial score (nSPS) is 12.0. The lowest BCUT2D eigenvalue weighted by Crippen LogP contribution is -2.32. The van der Waals surface area contributed by atoms with Crippen LogP contribution in [0.2, 0.25) is 0 Å². The number of carbonyl (C=O) groups is 1. The van der Waals surface area contributed by atoms with Crippen molar-refractivity contribution in [2.75, 3.05) is 6.54 Å². The van der Waals surface area contributed by atoms with E-state index in [1.54, 1.807) is 0 Å². The van der Waals surface area contributed by atoms with Crippen LogP contribution in [0.3, 0.4) is 0 Å². The highest BCUT2D eigenvalue weighted by molar-refractivity contribution is 7.89. The molecular weight excluding hydrogens is 180 g/mol. The number of rotatable bonds is 4. The molecule has 0 aromatic heterocycles.